The van der Waals surface area contributed by atoms with Gasteiger partial charge in [-0.3, -0.25) is 0 Å². The fourth-order valence-corrected chi connectivity index (χ4v) is 4.89. The predicted molar refractivity (Wildman–Crippen MR) is 125 cm³/mol. The zero-order chi connectivity index (χ0) is 23.4. The predicted octanol–water partition coefficient (Wildman–Crippen LogP) is 7.64. The molecule has 6 heteroatoms. The molecule has 2 nitrogen and oxygen atoms in total. The Labute approximate surface area is 187 Å². The zero-order valence-electron chi connectivity index (χ0n) is 18.6. The molecule has 0 saturated heterocycles. The van der Waals surface area contributed by atoms with Gasteiger partial charge < -0.3 is 10.6 Å². The maximum Gasteiger partial charge on any atom is 0.269 e. The van der Waals surface area contributed by atoms with Gasteiger partial charge in [-0.05, 0) is 66.6 Å². The number of allylic oxidation sites excluding steroid dienone is 2. The van der Waals surface area contributed by atoms with Gasteiger partial charge in [0.1, 0.15) is 5.82 Å². The fourth-order valence-electron chi connectivity index (χ4n) is 4.89. The number of hydrogen-bond donors (Lipinski definition) is 2. The average Bonchev–Trinajstić information content (AvgIpc) is 2.77. The number of rotatable bonds is 8. The van der Waals surface area contributed by atoms with Gasteiger partial charge in [-0.1, -0.05) is 37.8 Å². The van der Waals surface area contributed by atoms with Gasteiger partial charge in [0, 0.05) is 29.9 Å². The fraction of sp³-hybridized carbons (Fsp3) is 0.385. The first-order valence-electron chi connectivity index (χ1n) is 10.9. The van der Waals surface area contributed by atoms with Crippen molar-refractivity contribution in [2.75, 3.05) is 17.7 Å². The highest BCUT2D eigenvalue weighted by Crippen LogP contribution is 2.49. The van der Waals surface area contributed by atoms with E-state index in [1.54, 1.807) is 19.2 Å². The second-order valence-electron chi connectivity index (χ2n) is 8.24. The van der Waals surface area contributed by atoms with Gasteiger partial charge in [0.2, 0.25) is 0 Å². The van der Waals surface area contributed by atoms with Crippen LogP contribution in [0.2, 0.25) is 0 Å². The van der Waals surface area contributed by atoms with E-state index < -0.39 is 30.4 Å². The molecule has 0 radical (unpaired) electrons. The standard InChI is InChI=1S/C26H30F4N2/c1-5-7-9-18-21(31-4)10-8-11-22(18)32-25-19-14-17(27)12-15(3)23(19)16(6-2)13-20(25)24(28)26(29)30/h5,7-12,14,16,20,24-26,31-32H,1,6,13H2,2-4H3/b9-7-/t16-,20?,24?,25?/m1/s1. The van der Waals surface area contributed by atoms with Gasteiger partial charge in [0.05, 0.1) is 6.04 Å². The van der Waals surface area contributed by atoms with Crippen LogP contribution in [0.4, 0.5) is 28.9 Å². The van der Waals surface area contributed by atoms with Crippen LogP contribution in [0.1, 0.15) is 54.0 Å². The summed E-state index contributed by atoms with van der Waals surface area (Å²) in [6, 6.07) is 7.55. The van der Waals surface area contributed by atoms with Crippen LogP contribution < -0.4 is 10.6 Å². The van der Waals surface area contributed by atoms with E-state index in [1.807, 2.05) is 38.1 Å². The van der Waals surface area contributed by atoms with Crippen LogP contribution in [-0.4, -0.2) is 19.6 Å². The Morgan fingerprint density at radius 3 is 2.53 bits per heavy atom. The second-order valence-corrected chi connectivity index (χ2v) is 8.24. The van der Waals surface area contributed by atoms with E-state index in [4.69, 9.17) is 0 Å². The van der Waals surface area contributed by atoms with Gasteiger partial charge in [-0.15, -0.1) is 0 Å². The molecular formula is C26H30F4N2. The summed E-state index contributed by atoms with van der Waals surface area (Å²) in [5.74, 6) is -1.55. The molecule has 0 spiro atoms. The van der Waals surface area contributed by atoms with Crippen LogP contribution in [0.5, 0.6) is 0 Å². The number of hydrogen-bond acceptors (Lipinski definition) is 2. The van der Waals surface area contributed by atoms with Gasteiger partial charge >= 0.3 is 0 Å². The van der Waals surface area contributed by atoms with Crippen molar-refractivity contribution in [2.24, 2.45) is 5.92 Å². The number of fused-ring (bicyclic) bond motifs is 1. The van der Waals surface area contributed by atoms with E-state index in [9.17, 15) is 17.6 Å². The second kappa shape index (κ2) is 10.2. The van der Waals surface area contributed by atoms with Gasteiger partial charge in [-0.25, -0.2) is 17.6 Å². The number of aryl methyl sites for hydroxylation is 1. The normalized spacial score (nSPS) is 21.4. The third-order valence-corrected chi connectivity index (χ3v) is 6.34. The van der Waals surface area contributed by atoms with Crippen LogP contribution in [0.3, 0.4) is 0 Å². The Balaban J connectivity index is 2.18. The lowest BCUT2D eigenvalue weighted by Crippen LogP contribution is -2.38. The average molecular weight is 447 g/mol. The molecule has 2 N–H and O–H groups in total. The molecule has 1 aliphatic carbocycles. The van der Waals surface area contributed by atoms with Gasteiger partial charge in [0.25, 0.3) is 6.43 Å². The first-order valence-corrected chi connectivity index (χ1v) is 10.9. The van der Waals surface area contributed by atoms with Crippen molar-refractivity contribution in [2.45, 2.75) is 51.2 Å². The summed E-state index contributed by atoms with van der Waals surface area (Å²) in [6.45, 7) is 7.47. The molecule has 172 valence electrons. The van der Waals surface area contributed by atoms with E-state index in [1.165, 1.54) is 12.1 Å². The smallest absolute Gasteiger partial charge is 0.269 e. The zero-order valence-corrected chi connectivity index (χ0v) is 18.6. The summed E-state index contributed by atoms with van der Waals surface area (Å²) in [6.07, 6.45) is 0.741. The Bertz CT molecular complexity index is 986. The molecule has 4 atom stereocenters. The minimum Gasteiger partial charge on any atom is -0.388 e. The molecule has 0 bridgehead atoms. The summed E-state index contributed by atoms with van der Waals surface area (Å²) in [5.41, 5.74) is 4.50. The highest BCUT2D eigenvalue weighted by atomic mass is 19.3. The first kappa shape index (κ1) is 23.9. The monoisotopic (exact) mass is 446 g/mol. The summed E-state index contributed by atoms with van der Waals surface area (Å²) in [4.78, 5) is 0. The molecule has 0 heterocycles. The van der Waals surface area contributed by atoms with E-state index in [0.717, 1.165) is 22.4 Å². The Morgan fingerprint density at radius 2 is 1.91 bits per heavy atom. The topological polar surface area (TPSA) is 24.1 Å². The third kappa shape index (κ3) is 4.69. The maximum absolute atomic E-state index is 14.9. The molecule has 2 aromatic carbocycles. The van der Waals surface area contributed by atoms with Crippen LogP contribution in [0, 0.1) is 18.7 Å². The lowest BCUT2D eigenvalue weighted by atomic mass is 9.69. The van der Waals surface area contributed by atoms with Crippen molar-refractivity contribution in [3.8, 4) is 0 Å². The van der Waals surface area contributed by atoms with Gasteiger partial charge in [-0.2, -0.15) is 0 Å². The van der Waals surface area contributed by atoms with Crippen molar-refractivity contribution in [1.29, 1.82) is 0 Å². The number of benzene rings is 2. The number of halogens is 4. The number of anilines is 2. The third-order valence-electron chi connectivity index (χ3n) is 6.34. The summed E-state index contributed by atoms with van der Waals surface area (Å²) in [5, 5.41) is 6.42. The number of nitrogens with one attached hydrogen (secondary N) is 2. The molecule has 3 unspecified atom stereocenters. The summed E-state index contributed by atoms with van der Waals surface area (Å²) < 4.78 is 56.4. The van der Waals surface area contributed by atoms with E-state index in [-0.39, 0.29) is 12.3 Å². The summed E-state index contributed by atoms with van der Waals surface area (Å²) in [7, 11) is 1.78. The minimum absolute atomic E-state index is 0.102. The molecule has 3 rings (SSSR count). The van der Waals surface area contributed by atoms with Crippen molar-refractivity contribution in [1.82, 2.24) is 0 Å². The Hall–Kier alpha value is -2.76. The Morgan fingerprint density at radius 1 is 1.19 bits per heavy atom. The van der Waals surface area contributed by atoms with E-state index in [2.05, 4.69) is 17.2 Å². The lowest BCUT2D eigenvalue weighted by Gasteiger charge is -2.41. The molecule has 0 amide bonds. The van der Waals surface area contributed by atoms with Crippen molar-refractivity contribution in [3.63, 3.8) is 0 Å². The SMILES string of the molecule is C=C/C=C\c1c(NC)cccc1NC1c2cc(F)cc(C)c2[C@H](CC)CC1C(F)C(F)F. The van der Waals surface area contributed by atoms with Crippen LogP contribution >= 0.6 is 0 Å². The molecule has 32 heavy (non-hydrogen) atoms. The van der Waals surface area contributed by atoms with Crippen LogP contribution in [-0.2, 0) is 0 Å². The number of alkyl halides is 3. The quantitative estimate of drug-likeness (QED) is 0.321. The minimum atomic E-state index is -3.11. The van der Waals surface area contributed by atoms with E-state index >= 15 is 0 Å². The molecule has 0 saturated carbocycles. The maximum atomic E-state index is 14.9. The van der Waals surface area contributed by atoms with Crippen molar-refractivity contribution >= 4 is 17.5 Å². The van der Waals surface area contributed by atoms with Crippen molar-refractivity contribution in [3.05, 3.63) is 77.1 Å². The highest BCUT2D eigenvalue weighted by molar-refractivity contribution is 5.79. The molecule has 0 aromatic heterocycles. The molecule has 0 aliphatic heterocycles. The van der Waals surface area contributed by atoms with E-state index in [0.29, 0.717) is 17.7 Å². The lowest BCUT2D eigenvalue weighted by molar-refractivity contribution is 0.00350. The Kier molecular flexibility index (Phi) is 7.64. The van der Waals surface area contributed by atoms with Crippen molar-refractivity contribution < 1.29 is 17.6 Å². The molecule has 1 aliphatic rings. The first-order chi connectivity index (χ1) is 15.3. The molecular weight excluding hydrogens is 416 g/mol. The molecule has 0 fully saturated rings. The highest BCUT2D eigenvalue weighted by Gasteiger charge is 2.43. The van der Waals surface area contributed by atoms with Crippen LogP contribution in [0.25, 0.3) is 6.08 Å². The van der Waals surface area contributed by atoms with Gasteiger partial charge in [0.15, 0.2) is 6.17 Å². The molecule has 2 aromatic rings. The largest absolute Gasteiger partial charge is 0.388 e. The van der Waals surface area contributed by atoms with Crippen LogP contribution in [0.15, 0.2) is 49.1 Å². The summed E-state index contributed by atoms with van der Waals surface area (Å²) >= 11 is 0.